The fourth-order valence-electron chi connectivity index (χ4n) is 10.8. The Balaban J connectivity index is 1.23. The van der Waals surface area contributed by atoms with E-state index < -0.39 is 64.9 Å². The molecule has 3 heterocycles. The number of hydrogen-bond acceptors (Lipinski definition) is 10. The summed E-state index contributed by atoms with van der Waals surface area (Å²) in [6.07, 6.45) is 3.26. The van der Waals surface area contributed by atoms with Crippen LogP contribution in [-0.4, -0.2) is 145 Å². The van der Waals surface area contributed by atoms with Gasteiger partial charge >= 0.3 is 0 Å². The summed E-state index contributed by atoms with van der Waals surface area (Å²) in [4.78, 5) is 106. The van der Waals surface area contributed by atoms with Crippen LogP contribution in [0.25, 0.3) is 0 Å². The molecule has 0 spiro atoms. The predicted octanol–water partition coefficient (Wildman–Crippen LogP) is 3.68. The number of nitrogens with one attached hydrogen (secondary N) is 6. The Morgan fingerprint density at radius 2 is 1.27 bits per heavy atom. The van der Waals surface area contributed by atoms with E-state index >= 15 is 9.59 Å². The number of likely N-dealkylation sites (tertiary alicyclic amines) is 1. The largest absolute Gasteiger partial charge is 0.378 e. The Morgan fingerprint density at radius 3 is 1.88 bits per heavy atom. The van der Waals surface area contributed by atoms with E-state index in [9.17, 15) is 24.0 Å². The molecule has 75 heavy (non-hydrogen) atoms. The molecule has 2 saturated heterocycles. The summed E-state index contributed by atoms with van der Waals surface area (Å²) in [5.74, 6) is -2.82. The average molecular weight is 1030 g/mol. The summed E-state index contributed by atoms with van der Waals surface area (Å²) in [7, 11) is 3.35. The van der Waals surface area contributed by atoms with E-state index in [0.29, 0.717) is 32.7 Å². The molecular weight excluding hydrogens is 951 g/mol. The summed E-state index contributed by atoms with van der Waals surface area (Å²) in [6.45, 7) is 16.5. The van der Waals surface area contributed by atoms with Gasteiger partial charge in [-0.3, -0.25) is 33.6 Å². The third-order valence-electron chi connectivity index (χ3n) is 15.7. The minimum absolute atomic E-state index is 0.00698. The van der Waals surface area contributed by atoms with Crippen molar-refractivity contribution in [1.82, 2.24) is 46.6 Å². The second-order valence-electron chi connectivity index (χ2n) is 23.1. The number of carbonyl (C=O) groups is 7. The van der Waals surface area contributed by atoms with Gasteiger partial charge in [0.25, 0.3) is 0 Å². The number of amides is 7. The van der Waals surface area contributed by atoms with E-state index in [-0.39, 0.29) is 67.4 Å². The van der Waals surface area contributed by atoms with E-state index in [0.717, 1.165) is 47.1 Å². The number of nitrogens with zero attached hydrogens (tertiary/aromatic N) is 3. The van der Waals surface area contributed by atoms with Crippen LogP contribution in [0, 0.1) is 10.8 Å². The smallest absolute Gasteiger partial charge is 0.246 e. The van der Waals surface area contributed by atoms with Gasteiger partial charge in [-0.2, -0.15) is 0 Å². The van der Waals surface area contributed by atoms with Crippen molar-refractivity contribution >= 4 is 41.4 Å². The Morgan fingerprint density at radius 1 is 0.667 bits per heavy atom. The van der Waals surface area contributed by atoms with Crippen LogP contribution in [0.1, 0.15) is 120 Å². The van der Waals surface area contributed by atoms with Gasteiger partial charge < -0.3 is 51.3 Å². The lowest BCUT2D eigenvalue weighted by Crippen LogP contribution is -2.63. The molecule has 0 aromatic heterocycles. The van der Waals surface area contributed by atoms with Crippen molar-refractivity contribution in [3.05, 3.63) is 106 Å². The van der Waals surface area contributed by atoms with Crippen molar-refractivity contribution in [2.45, 2.75) is 155 Å². The zero-order chi connectivity index (χ0) is 54.4. The highest BCUT2D eigenvalue weighted by molar-refractivity contribution is 5.96. The number of rotatable bonds is 16. The van der Waals surface area contributed by atoms with E-state index in [1.807, 2.05) is 102 Å². The molecule has 1 unspecified atom stereocenters. The van der Waals surface area contributed by atoms with Gasteiger partial charge in [-0.05, 0) is 97.8 Å². The molecule has 2 fully saturated rings. The van der Waals surface area contributed by atoms with Crippen molar-refractivity contribution < 1.29 is 38.3 Å². The number of benzene rings is 3. The van der Waals surface area contributed by atoms with Gasteiger partial charge in [0.1, 0.15) is 30.2 Å². The summed E-state index contributed by atoms with van der Waals surface area (Å²) in [5, 5.41) is 18.3. The van der Waals surface area contributed by atoms with Crippen molar-refractivity contribution in [1.29, 1.82) is 0 Å². The van der Waals surface area contributed by atoms with Crippen molar-refractivity contribution in [2.24, 2.45) is 10.8 Å². The van der Waals surface area contributed by atoms with Gasteiger partial charge in [0.05, 0.1) is 31.3 Å². The van der Waals surface area contributed by atoms with Crippen LogP contribution in [0.3, 0.4) is 0 Å². The topological polar surface area (TPSA) is 211 Å². The third-order valence-corrected chi connectivity index (χ3v) is 15.7. The first kappa shape index (κ1) is 56.6. The predicted molar refractivity (Wildman–Crippen MR) is 287 cm³/mol. The lowest BCUT2D eigenvalue weighted by Gasteiger charge is -2.42. The van der Waals surface area contributed by atoms with E-state index in [1.165, 1.54) is 10.5 Å². The first-order valence-corrected chi connectivity index (χ1v) is 26.9. The zero-order valence-corrected chi connectivity index (χ0v) is 45.7. The molecule has 0 saturated carbocycles. The molecule has 406 valence electrons. The maximum atomic E-state index is 15.3. The molecule has 6 N–H and O–H groups in total. The van der Waals surface area contributed by atoms with Crippen LogP contribution in [0.5, 0.6) is 0 Å². The minimum Gasteiger partial charge on any atom is -0.378 e. The summed E-state index contributed by atoms with van der Waals surface area (Å²) < 4.78 is 5.54. The normalized spacial score (nSPS) is 21.8. The maximum Gasteiger partial charge on any atom is 0.246 e. The molecular formula is C58H81N9O8. The number of likely N-dealkylation sites (N-methyl/N-ethyl adjacent to an activating group) is 2. The molecule has 7 amide bonds. The summed E-state index contributed by atoms with van der Waals surface area (Å²) in [6, 6.07) is 17.4. The molecule has 3 aliphatic heterocycles. The van der Waals surface area contributed by atoms with Crippen molar-refractivity contribution in [3.63, 3.8) is 0 Å². The van der Waals surface area contributed by atoms with Crippen molar-refractivity contribution in [2.75, 3.05) is 46.9 Å². The van der Waals surface area contributed by atoms with E-state index in [1.54, 1.807) is 37.7 Å². The van der Waals surface area contributed by atoms with Gasteiger partial charge in [0.15, 0.2) is 0 Å². The van der Waals surface area contributed by atoms with E-state index in [2.05, 4.69) is 44.0 Å². The van der Waals surface area contributed by atoms with Gasteiger partial charge in [-0.25, -0.2) is 0 Å². The lowest BCUT2D eigenvalue weighted by molar-refractivity contribution is -0.148. The summed E-state index contributed by atoms with van der Waals surface area (Å²) >= 11 is 0. The van der Waals surface area contributed by atoms with Gasteiger partial charge in [-0.15, -0.1) is 0 Å². The molecule has 7 rings (SSSR count). The minimum atomic E-state index is -1.05. The van der Waals surface area contributed by atoms with Crippen LogP contribution in [0.15, 0.2) is 72.8 Å². The van der Waals surface area contributed by atoms with Crippen LogP contribution in [0.4, 0.5) is 0 Å². The van der Waals surface area contributed by atoms with Gasteiger partial charge in [0.2, 0.25) is 41.4 Å². The highest BCUT2D eigenvalue weighted by atomic mass is 16.5. The lowest BCUT2D eigenvalue weighted by atomic mass is 9.83. The molecule has 4 aliphatic rings. The number of morpholine rings is 1. The Hall–Kier alpha value is -6.17. The Kier molecular flexibility index (Phi) is 18.3. The van der Waals surface area contributed by atoms with E-state index in [4.69, 9.17) is 4.74 Å². The second kappa shape index (κ2) is 24.2. The quantitative estimate of drug-likeness (QED) is 0.123. The maximum absolute atomic E-state index is 15.3. The number of ether oxygens (including phenoxy) is 1. The van der Waals surface area contributed by atoms with Gasteiger partial charge in [-0.1, -0.05) is 114 Å². The Bertz CT molecular complexity index is 2550. The number of hydrogen-bond donors (Lipinski definition) is 6. The first-order valence-electron chi connectivity index (χ1n) is 26.9. The van der Waals surface area contributed by atoms with Crippen LogP contribution < -0.4 is 31.9 Å². The van der Waals surface area contributed by atoms with Gasteiger partial charge in [0, 0.05) is 44.9 Å². The molecule has 3 aromatic rings. The molecule has 1 aliphatic carbocycles. The molecule has 0 radical (unpaired) electrons. The first-order chi connectivity index (χ1) is 35.6. The fourth-order valence-corrected chi connectivity index (χ4v) is 10.8. The molecule has 3 aromatic carbocycles. The standard InChI is InChI=1S/C58H81N9O8/c1-35(59-9)50(68)63-48(57(3,4)5)55(73)66-33-41-30-39(23-24-40(41)31-46(66)53(71)62-45(29-37-17-12-11-13-18-37)54(72)65-25-27-75-28-26-65)42-32-47(52(70)61-44-22-16-20-38-19-14-15-21-43(38)44)67(34-42)56(74)49(58(6,7)8)64-51(69)36(2)60-10/h11-15,17-19,21,23-24,30,35-36,42,44-49,59-60H,16,20,22,25-29,31-34H2,1-10H3,(H,61,70)(H,62,71)(H,63,68)(H,64,69)/t35-,36-,42-,44+,45-,46-,47-,48+,49?/m0/s1. The average Bonchev–Trinajstić information content (AvgIpc) is 3.86. The summed E-state index contributed by atoms with van der Waals surface area (Å²) in [5.41, 5.74) is 4.10. The number of aryl methyl sites for hydroxylation is 1. The van der Waals surface area contributed by atoms with Crippen LogP contribution in [0.2, 0.25) is 0 Å². The number of carbonyl (C=O) groups excluding carboxylic acids is 7. The molecule has 17 heteroatoms. The highest BCUT2D eigenvalue weighted by Crippen LogP contribution is 2.38. The molecule has 17 nitrogen and oxygen atoms in total. The zero-order valence-electron chi connectivity index (χ0n) is 45.7. The molecule has 0 bridgehead atoms. The number of fused-ring (bicyclic) bond motifs is 2. The second-order valence-corrected chi connectivity index (χ2v) is 23.1. The highest BCUT2D eigenvalue weighted by Gasteiger charge is 2.47. The molecule has 9 atom stereocenters. The monoisotopic (exact) mass is 1030 g/mol. The van der Waals surface area contributed by atoms with Crippen LogP contribution >= 0.6 is 0 Å². The van der Waals surface area contributed by atoms with Crippen LogP contribution in [-0.2, 0) is 64.1 Å². The Labute approximate surface area is 443 Å². The van der Waals surface area contributed by atoms with Crippen molar-refractivity contribution in [3.8, 4) is 0 Å². The third kappa shape index (κ3) is 13.5. The SMILES string of the molecule is CN[C@@H](C)C(=O)NC(C(=O)N1C[C@@H](c2ccc3c(c2)CN(C(=O)[C@@H](NC(=O)[C@H](C)NC)C(C)(C)C)[C@H](C(=O)N[C@@H](Cc2ccccc2)C(=O)N2CCOCC2)C3)C[C@H]1C(=O)N[C@@H]1CCCc2ccccc21)C(C)(C)C. The fraction of sp³-hybridized carbons (Fsp3) is 0.569.